The summed E-state index contributed by atoms with van der Waals surface area (Å²) in [5, 5.41) is 18.6. The quantitative estimate of drug-likeness (QED) is 0.740. The number of carbonyl (C=O) groups is 1. The second-order valence-corrected chi connectivity index (χ2v) is 4.77. The second kappa shape index (κ2) is 6.02. The average Bonchev–Trinajstić information content (AvgIpc) is 2.85. The summed E-state index contributed by atoms with van der Waals surface area (Å²) in [5.41, 5.74) is 0.715. The number of aliphatic hydroxyl groups excluding tert-OH is 1. The third-order valence-corrected chi connectivity index (χ3v) is 3.62. The number of nitrogens with zero attached hydrogens (tertiary/aromatic N) is 1. The first-order valence-corrected chi connectivity index (χ1v) is 6.46. The molecular weight excluding hydrogens is 232 g/mol. The van der Waals surface area contributed by atoms with Crippen LogP contribution in [0.2, 0.25) is 0 Å². The highest BCUT2D eigenvalue weighted by Gasteiger charge is 2.34. The molecule has 0 bridgehead atoms. The van der Waals surface area contributed by atoms with Crippen LogP contribution in [0.4, 0.5) is 0 Å². The van der Waals surface area contributed by atoms with E-state index in [1.54, 1.807) is 6.20 Å². The van der Waals surface area contributed by atoms with E-state index in [4.69, 9.17) is 5.11 Å². The fourth-order valence-corrected chi connectivity index (χ4v) is 2.79. The summed E-state index contributed by atoms with van der Waals surface area (Å²) in [6, 6.07) is 3.16. The van der Waals surface area contributed by atoms with Crippen molar-refractivity contribution in [2.24, 2.45) is 0 Å². The number of carboxylic acid groups (broad SMARTS) is 1. The van der Waals surface area contributed by atoms with Crippen LogP contribution >= 0.6 is 0 Å². The fourth-order valence-electron chi connectivity index (χ4n) is 2.79. The molecule has 5 nitrogen and oxygen atoms in total. The van der Waals surface area contributed by atoms with Gasteiger partial charge in [-0.05, 0) is 37.9 Å². The molecule has 0 aliphatic carbocycles. The second-order valence-electron chi connectivity index (χ2n) is 4.77. The van der Waals surface area contributed by atoms with E-state index in [0.29, 0.717) is 12.1 Å². The van der Waals surface area contributed by atoms with Gasteiger partial charge in [-0.1, -0.05) is 6.42 Å². The number of likely N-dealkylation sites (tertiary alicyclic amines) is 1. The molecule has 0 amide bonds. The van der Waals surface area contributed by atoms with Gasteiger partial charge in [-0.3, -0.25) is 9.69 Å². The molecule has 100 valence electrons. The molecule has 0 spiro atoms. The highest BCUT2D eigenvalue weighted by atomic mass is 16.4. The normalized spacial score (nSPS) is 22.8. The molecule has 5 heteroatoms. The highest BCUT2D eigenvalue weighted by Crippen LogP contribution is 2.29. The third-order valence-electron chi connectivity index (χ3n) is 3.62. The van der Waals surface area contributed by atoms with Crippen LogP contribution < -0.4 is 0 Å². The van der Waals surface area contributed by atoms with Crippen LogP contribution in [0, 0.1) is 0 Å². The molecular formula is C13H20N2O3. The monoisotopic (exact) mass is 252 g/mol. The van der Waals surface area contributed by atoms with Gasteiger partial charge >= 0.3 is 5.97 Å². The number of hydrogen-bond donors (Lipinski definition) is 3. The Morgan fingerprint density at radius 1 is 1.56 bits per heavy atom. The van der Waals surface area contributed by atoms with Crippen molar-refractivity contribution in [2.45, 2.75) is 37.8 Å². The van der Waals surface area contributed by atoms with Crippen LogP contribution in [-0.4, -0.2) is 45.3 Å². The van der Waals surface area contributed by atoms with Crippen LogP contribution in [0.25, 0.3) is 0 Å². The largest absolute Gasteiger partial charge is 0.480 e. The van der Waals surface area contributed by atoms with Crippen molar-refractivity contribution in [2.75, 3.05) is 13.2 Å². The number of piperidine rings is 1. The topological polar surface area (TPSA) is 76.6 Å². The van der Waals surface area contributed by atoms with Crippen molar-refractivity contribution in [3.8, 4) is 0 Å². The number of aromatic amines is 1. The molecule has 2 heterocycles. The van der Waals surface area contributed by atoms with Gasteiger partial charge < -0.3 is 15.2 Å². The summed E-state index contributed by atoms with van der Waals surface area (Å²) in [6.07, 6.45) is 5.48. The Bertz CT molecular complexity index is 376. The lowest BCUT2D eigenvalue weighted by Gasteiger charge is -2.39. The molecule has 3 N–H and O–H groups in total. The summed E-state index contributed by atoms with van der Waals surface area (Å²) >= 11 is 0. The smallest absolute Gasteiger partial charge is 0.327 e. The Labute approximate surface area is 106 Å². The molecule has 1 aromatic rings. The number of aliphatic carboxylic acids is 1. The lowest BCUT2D eigenvalue weighted by atomic mass is 9.96. The number of aliphatic hydroxyl groups is 1. The van der Waals surface area contributed by atoms with Crippen LogP contribution in [0.15, 0.2) is 18.3 Å². The lowest BCUT2D eigenvalue weighted by Crippen LogP contribution is -2.45. The maximum atomic E-state index is 11.5. The molecule has 1 saturated heterocycles. The van der Waals surface area contributed by atoms with Crippen LogP contribution in [0.1, 0.15) is 37.4 Å². The average molecular weight is 252 g/mol. The van der Waals surface area contributed by atoms with Gasteiger partial charge in [0.2, 0.25) is 0 Å². The zero-order valence-electron chi connectivity index (χ0n) is 10.4. The molecule has 1 aliphatic heterocycles. The van der Waals surface area contributed by atoms with Crippen molar-refractivity contribution in [3.63, 3.8) is 0 Å². The zero-order chi connectivity index (χ0) is 13.0. The van der Waals surface area contributed by atoms with E-state index in [0.717, 1.165) is 25.8 Å². The van der Waals surface area contributed by atoms with Gasteiger partial charge in [0, 0.05) is 24.5 Å². The van der Waals surface area contributed by atoms with Gasteiger partial charge in [-0.2, -0.15) is 0 Å². The van der Waals surface area contributed by atoms with E-state index >= 15 is 0 Å². The first-order valence-electron chi connectivity index (χ1n) is 6.46. The Kier molecular flexibility index (Phi) is 4.38. The van der Waals surface area contributed by atoms with Crippen LogP contribution in [-0.2, 0) is 4.79 Å². The molecule has 1 fully saturated rings. The van der Waals surface area contributed by atoms with Crippen molar-refractivity contribution in [1.29, 1.82) is 0 Å². The number of aromatic nitrogens is 1. The van der Waals surface area contributed by atoms with Gasteiger partial charge in [0.15, 0.2) is 0 Å². The Morgan fingerprint density at radius 3 is 3.00 bits per heavy atom. The Morgan fingerprint density at radius 2 is 2.39 bits per heavy atom. The molecule has 2 atom stereocenters. The molecule has 0 aromatic carbocycles. The lowest BCUT2D eigenvalue weighted by molar-refractivity contribution is -0.145. The number of carboxylic acids is 1. The molecule has 1 aliphatic rings. The van der Waals surface area contributed by atoms with Crippen molar-refractivity contribution < 1.29 is 15.0 Å². The van der Waals surface area contributed by atoms with E-state index in [1.807, 2.05) is 17.0 Å². The standard InChI is InChI=1S/C13H20N2O3/c16-9-6-10-4-1-2-8-15(10)12(13(17)18)11-5-3-7-14-11/h3,5,7,10,12,14,16H,1-2,4,6,8-9H2,(H,17,18). The van der Waals surface area contributed by atoms with Gasteiger partial charge in [0.05, 0.1) is 0 Å². The van der Waals surface area contributed by atoms with Gasteiger partial charge in [-0.25, -0.2) is 0 Å². The summed E-state index contributed by atoms with van der Waals surface area (Å²) < 4.78 is 0. The fraction of sp³-hybridized carbons (Fsp3) is 0.615. The Hall–Kier alpha value is -1.33. The van der Waals surface area contributed by atoms with Crippen molar-refractivity contribution in [3.05, 3.63) is 24.0 Å². The zero-order valence-corrected chi connectivity index (χ0v) is 10.4. The van der Waals surface area contributed by atoms with Gasteiger partial charge in [0.1, 0.15) is 6.04 Å². The summed E-state index contributed by atoms with van der Waals surface area (Å²) in [6.45, 7) is 0.888. The number of rotatable bonds is 5. The van der Waals surface area contributed by atoms with E-state index in [2.05, 4.69) is 4.98 Å². The molecule has 2 unspecified atom stereocenters. The van der Waals surface area contributed by atoms with Crippen molar-refractivity contribution in [1.82, 2.24) is 9.88 Å². The maximum absolute atomic E-state index is 11.5. The van der Waals surface area contributed by atoms with Gasteiger partial charge in [-0.15, -0.1) is 0 Å². The highest BCUT2D eigenvalue weighted by molar-refractivity contribution is 5.75. The Balaban J connectivity index is 2.20. The summed E-state index contributed by atoms with van der Waals surface area (Å²) in [4.78, 5) is 16.5. The predicted molar refractivity (Wildman–Crippen MR) is 67.2 cm³/mol. The minimum Gasteiger partial charge on any atom is -0.480 e. The SMILES string of the molecule is O=C(O)C(c1ccc[nH]1)N1CCCCC1CCO. The third kappa shape index (κ3) is 2.73. The number of nitrogens with one attached hydrogen (secondary N) is 1. The molecule has 18 heavy (non-hydrogen) atoms. The van der Waals surface area contributed by atoms with Crippen LogP contribution in [0.5, 0.6) is 0 Å². The van der Waals surface area contributed by atoms with E-state index in [9.17, 15) is 9.90 Å². The first-order chi connectivity index (χ1) is 8.74. The molecule has 2 rings (SSSR count). The minimum absolute atomic E-state index is 0.109. The molecule has 0 saturated carbocycles. The van der Waals surface area contributed by atoms with Crippen molar-refractivity contribution >= 4 is 5.97 Å². The summed E-state index contributed by atoms with van der Waals surface area (Å²) in [7, 11) is 0. The predicted octanol–water partition coefficient (Wildman–Crippen LogP) is 1.38. The van der Waals surface area contributed by atoms with E-state index < -0.39 is 12.0 Å². The molecule has 1 aromatic heterocycles. The number of H-pyrrole nitrogens is 1. The van der Waals surface area contributed by atoms with Crippen LogP contribution in [0.3, 0.4) is 0 Å². The minimum atomic E-state index is -0.831. The summed E-state index contributed by atoms with van der Waals surface area (Å²) in [5.74, 6) is -0.831. The molecule has 0 radical (unpaired) electrons. The first kappa shape index (κ1) is 13.1. The number of hydrogen-bond acceptors (Lipinski definition) is 3. The van der Waals surface area contributed by atoms with E-state index in [-0.39, 0.29) is 12.6 Å². The van der Waals surface area contributed by atoms with Gasteiger partial charge in [0.25, 0.3) is 0 Å². The van der Waals surface area contributed by atoms with E-state index in [1.165, 1.54) is 0 Å². The maximum Gasteiger partial charge on any atom is 0.327 e.